The molecule has 0 spiro atoms. The molecule has 82 valence electrons. The molecular weight excluding hydrogens is 186 g/mol. The second-order valence-electron chi connectivity index (χ2n) is 4.02. The molecule has 5 nitrogen and oxygen atoms in total. The number of nitrogens with two attached hydrogens (primary N) is 1. The molecule has 2 N–H and O–H groups in total. The molecule has 0 heterocycles. The van der Waals surface area contributed by atoms with Gasteiger partial charge in [-0.3, -0.25) is 4.79 Å². The molecule has 0 saturated carbocycles. The Hall–Kier alpha value is -1.10. The molecule has 0 bridgehead atoms. The number of rotatable bonds is 2. The molecule has 0 rings (SSSR count). The van der Waals surface area contributed by atoms with Gasteiger partial charge in [0.2, 0.25) is 0 Å². The fourth-order valence-electron chi connectivity index (χ4n) is 0.550. The molecular formula is C9H17NO4. The van der Waals surface area contributed by atoms with Gasteiger partial charge in [0.25, 0.3) is 0 Å². The number of carbonyl (C=O) groups is 2. The van der Waals surface area contributed by atoms with Gasteiger partial charge in [0.05, 0.1) is 5.92 Å². The van der Waals surface area contributed by atoms with Crippen LogP contribution in [-0.2, 0) is 14.3 Å². The van der Waals surface area contributed by atoms with Crippen LogP contribution in [0.1, 0.15) is 27.7 Å². The lowest BCUT2D eigenvalue weighted by Gasteiger charge is -2.18. The highest BCUT2D eigenvalue weighted by Gasteiger charge is 2.22. The molecule has 1 atom stereocenters. The van der Waals surface area contributed by atoms with Crippen molar-refractivity contribution in [2.45, 2.75) is 33.3 Å². The van der Waals surface area contributed by atoms with E-state index in [1.54, 1.807) is 27.7 Å². The van der Waals surface area contributed by atoms with E-state index in [9.17, 15) is 9.59 Å². The van der Waals surface area contributed by atoms with Crippen molar-refractivity contribution in [2.24, 2.45) is 11.7 Å². The fourth-order valence-corrected chi connectivity index (χ4v) is 0.550. The molecule has 0 aliphatic carbocycles. The van der Waals surface area contributed by atoms with E-state index in [2.05, 4.69) is 4.74 Å². The molecule has 5 heteroatoms. The van der Waals surface area contributed by atoms with Crippen molar-refractivity contribution < 1.29 is 19.1 Å². The van der Waals surface area contributed by atoms with Crippen LogP contribution < -0.4 is 5.73 Å². The molecule has 0 amide bonds. The lowest BCUT2D eigenvalue weighted by Crippen LogP contribution is -2.29. The minimum Gasteiger partial charge on any atom is -0.428 e. The van der Waals surface area contributed by atoms with Gasteiger partial charge in [-0.25, -0.2) is 4.79 Å². The Bertz CT molecular complexity index is 219. The third-order valence-corrected chi connectivity index (χ3v) is 1.33. The summed E-state index contributed by atoms with van der Waals surface area (Å²) in [4.78, 5) is 22.1. The Morgan fingerprint density at radius 1 is 1.36 bits per heavy atom. The van der Waals surface area contributed by atoms with Crippen molar-refractivity contribution in [1.82, 2.24) is 0 Å². The largest absolute Gasteiger partial charge is 0.516 e. The first kappa shape index (κ1) is 12.9. The summed E-state index contributed by atoms with van der Waals surface area (Å²) in [6.45, 7) is 6.77. The zero-order chi connectivity index (χ0) is 11.4. The molecule has 0 aliphatic heterocycles. The standard InChI is InChI=1S/C9H17NO4/c1-6(5-10)7(11)13-8(12)14-9(2,3)4/h6H,5,10H2,1-4H3. The first-order valence-electron chi connectivity index (χ1n) is 4.41. The van der Waals surface area contributed by atoms with Crippen LogP contribution in [0.5, 0.6) is 0 Å². The van der Waals surface area contributed by atoms with Crippen LogP contribution >= 0.6 is 0 Å². The number of ether oxygens (including phenoxy) is 2. The first-order valence-corrected chi connectivity index (χ1v) is 4.41. The average molecular weight is 203 g/mol. The van der Waals surface area contributed by atoms with Gasteiger partial charge in [-0.1, -0.05) is 6.92 Å². The Morgan fingerprint density at radius 2 is 1.86 bits per heavy atom. The summed E-state index contributed by atoms with van der Waals surface area (Å²) in [6, 6.07) is 0. The smallest absolute Gasteiger partial charge is 0.428 e. The number of hydrogen-bond acceptors (Lipinski definition) is 5. The topological polar surface area (TPSA) is 78.6 Å². The normalized spacial score (nSPS) is 13.2. The second kappa shape index (κ2) is 4.95. The van der Waals surface area contributed by atoms with Crippen LogP contribution in [0.4, 0.5) is 4.79 Å². The van der Waals surface area contributed by atoms with Crippen molar-refractivity contribution in [2.75, 3.05) is 6.54 Å². The van der Waals surface area contributed by atoms with E-state index < -0.39 is 23.6 Å². The highest BCUT2D eigenvalue weighted by Crippen LogP contribution is 2.09. The quantitative estimate of drug-likeness (QED) is 0.536. The summed E-state index contributed by atoms with van der Waals surface area (Å²) in [5, 5.41) is 0. The van der Waals surface area contributed by atoms with E-state index in [1.165, 1.54) is 0 Å². The van der Waals surface area contributed by atoms with E-state index in [0.29, 0.717) is 0 Å². The summed E-state index contributed by atoms with van der Waals surface area (Å²) in [5.74, 6) is -1.16. The Balaban J connectivity index is 4.02. The maximum Gasteiger partial charge on any atom is 0.516 e. The lowest BCUT2D eigenvalue weighted by atomic mass is 10.2. The third-order valence-electron chi connectivity index (χ3n) is 1.33. The number of carbonyl (C=O) groups excluding carboxylic acids is 2. The molecule has 0 aromatic heterocycles. The minimum absolute atomic E-state index is 0.141. The van der Waals surface area contributed by atoms with Crippen molar-refractivity contribution in [1.29, 1.82) is 0 Å². The predicted octanol–water partition coefficient (Wildman–Crippen LogP) is 1.06. The monoisotopic (exact) mass is 203 g/mol. The summed E-state index contributed by atoms with van der Waals surface area (Å²) in [6.07, 6.45) is -0.984. The average Bonchev–Trinajstić information content (AvgIpc) is 1.99. The molecule has 0 aromatic carbocycles. The highest BCUT2D eigenvalue weighted by molar-refractivity contribution is 5.83. The van der Waals surface area contributed by atoms with E-state index in [1.807, 2.05) is 0 Å². The molecule has 0 aliphatic rings. The summed E-state index contributed by atoms with van der Waals surface area (Å²) < 4.78 is 9.18. The van der Waals surface area contributed by atoms with Gasteiger partial charge >= 0.3 is 12.1 Å². The summed E-state index contributed by atoms with van der Waals surface area (Å²) >= 11 is 0. The van der Waals surface area contributed by atoms with E-state index >= 15 is 0 Å². The third kappa shape index (κ3) is 5.53. The molecule has 1 unspecified atom stereocenters. The van der Waals surface area contributed by atoms with Gasteiger partial charge in [0.15, 0.2) is 0 Å². The molecule has 14 heavy (non-hydrogen) atoms. The van der Waals surface area contributed by atoms with Crippen molar-refractivity contribution in [3.8, 4) is 0 Å². The fraction of sp³-hybridized carbons (Fsp3) is 0.778. The van der Waals surface area contributed by atoms with Crippen LogP contribution in [-0.4, -0.2) is 24.3 Å². The summed E-state index contributed by atoms with van der Waals surface area (Å²) in [7, 11) is 0. The molecule has 0 radical (unpaired) electrons. The maximum atomic E-state index is 11.1. The number of hydrogen-bond donors (Lipinski definition) is 1. The van der Waals surface area contributed by atoms with Crippen LogP contribution in [0.15, 0.2) is 0 Å². The Morgan fingerprint density at radius 3 is 2.21 bits per heavy atom. The van der Waals surface area contributed by atoms with E-state index in [0.717, 1.165) is 0 Å². The highest BCUT2D eigenvalue weighted by atomic mass is 16.7. The molecule has 0 aromatic rings. The van der Waals surface area contributed by atoms with Crippen LogP contribution in [0.25, 0.3) is 0 Å². The van der Waals surface area contributed by atoms with Gasteiger partial charge in [0, 0.05) is 6.54 Å². The first-order chi connectivity index (χ1) is 6.26. The van der Waals surface area contributed by atoms with Gasteiger partial charge in [-0.15, -0.1) is 0 Å². The van der Waals surface area contributed by atoms with Gasteiger partial charge in [0.1, 0.15) is 5.60 Å². The Kier molecular flexibility index (Phi) is 4.56. The van der Waals surface area contributed by atoms with Crippen LogP contribution in [0.2, 0.25) is 0 Å². The van der Waals surface area contributed by atoms with Crippen molar-refractivity contribution >= 4 is 12.1 Å². The maximum absolute atomic E-state index is 11.1. The SMILES string of the molecule is CC(CN)C(=O)OC(=O)OC(C)(C)C. The zero-order valence-electron chi connectivity index (χ0n) is 8.99. The van der Waals surface area contributed by atoms with Gasteiger partial charge in [-0.05, 0) is 20.8 Å². The van der Waals surface area contributed by atoms with Gasteiger partial charge < -0.3 is 15.2 Å². The second-order valence-corrected chi connectivity index (χ2v) is 4.02. The predicted molar refractivity (Wildman–Crippen MR) is 50.5 cm³/mol. The molecule has 0 fully saturated rings. The van der Waals surface area contributed by atoms with E-state index in [4.69, 9.17) is 10.5 Å². The number of esters is 1. The Labute approximate surface area is 83.5 Å². The van der Waals surface area contributed by atoms with Crippen LogP contribution in [0.3, 0.4) is 0 Å². The lowest BCUT2D eigenvalue weighted by molar-refractivity contribution is -0.145. The van der Waals surface area contributed by atoms with E-state index in [-0.39, 0.29) is 6.54 Å². The van der Waals surface area contributed by atoms with Crippen LogP contribution in [0, 0.1) is 5.92 Å². The minimum atomic E-state index is -0.984. The van der Waals surface area contributed by atoms with Crippen molar-refractivity contribution in [3.05, 3.63) is 0 Å². The molecule has 0 saturated heterocycles. The zero-order valence-corrected chi connectivity index (χ0v) is 8.99. The van der Waals surface area contributed by atoms with Gasteiger partial charge in [-0.2, -0.15) is 0 Å². The summed E-state index contributed by atoms with van der Waals surface area (Å²) in [5.41, 5.74) is 4.56. The van der Waals surface area contributed by atoms with Crippen molar-refractivity contribution in [3.63, 3.8) is 0 Å².